The van der Waals surface area contributed by atoms with Crippen molar-refractivity contribution in [1.82, 2.24) is 36.4 Å². The number of benzene rings is 5. The van der Waals surface area contributed by atoms with E-state index < -0.39 is 84.4 Å². The molecule has 13 rings (SSSR count). The maximum absolute atomic E-state index is 15.4. The van der Waals surface area contributed by atoms with Crippen LogP contribution in [0.5, 0.6) is 11.5 Å². The lowest BCUT2D eigenvalue weighted by Crippen LogP contribution is -2.61. The van der Waals surface area contributed by atoms with Gasteiger partial charge in [0.15, 0.2) is 11.5 Å². The van der Waals surface area contributed by atoms with Crippen LogP contribution >= 0.6 is 0 Å². The first-order chi connectivity index (χ1) is 51.3. The van der Waals surface area contributed by atoms with Gasteiger partial charge in [0, 0.05) is 88.0 Å². The van der Waals surface area contributed by atoms with Crippen LogP contribution in [0.25, 0.3) is 5.57 Å². The Morgan fingerprint density at radius 1 is 0.764 bits per heavy atom. The minimum Gasteiger partial charge on any atom is -0.493 e. The van der Waals surface area contributed by atoms with Crippen molar-refractivity contribution < 1.29 is 67.1 Å². The van der Waals surface area contributed by atoms with E-state index in [1.165, 1.54) is 12.5 Å². The summed E-state index contributed by atoms with van der Waals surface area (Å²) in [6.45, 7) is 7.93. The first-order valence-corrected chi connectivity index (χ1v) is 37.5. The third kappa shape index (κ3) is 16.9. The number of nitrogens with zero attached hydrogens (tertiary/aromatic N) is 3. The Hall–Kier alpha value is -9.64. The normalized spacial score (nSPS) is 23.1. The number of rotatable bonds is 27. The number of carbonyl (C=O) groups is 8. The summed E-state index contributed by atoms with van der Waals surface area (Å²) in [4.78, 5) is 115. The van der Waals surface area contributed by atoms with Gasteiger partial charge in [-0.05, 0) is 165 Å². The van der Waals surface area contributed by atoms with E-state index in [1.54, 1.807) is 51.2 Å². The molecule has 0 radical (unpaired) electrons. The number of carbonyl (C=O) groups excluding carboxylic acids is 8. The molecule has 2 aliphatic carbocycles. The summed E-state index contributed by atoms with van der Waals surface area (Å²) in [5.74, 6) is 4.07. The smallest absolute Gasteiger partial charge is 0.260 e. The average molecular weight is 1450 g/mol. The molecule has 6 aliphatic heterocycles. The Bertz CT molecular complexity index is 4200. The van der Waals surface area contributed by atoms with Crippen LogP contribution in [0.3, 0.4) is 0 Å². The molecular formula is C82H98N10O14. The molecule has 0 bridgehead atoms. The highest BCUT2D eigenvalue weighted by Gasteiger charge is 2.63. The van der Waals surface area contributed by atoms with Gasteiger partial charge < -0.3 is 75.4 Å². The molecule has 8 amide bonds. The van der Waals surface area contributed by atoms with E-state index in [0.29, 0.717) is 91.2 Å². The van der Waals surface area contributed by atoms with Gasteiger partial charge in [0.1, 0.15) is 18.3 Å². The van der Waals surface area contributed by atoms with Crippen LogP contribution < -0.4 is 51.6 Å². The van der Waals surface area contributed by atoms with Crippen LogP contribution in [-0.2, 0) is 60.7 Å². The highest BCUT2D eigenvalue weighted by atomic mass is 16.5. The van der Waals surface area contributed by atoms with Gasteiger partial charge in [-0.1, -0.05) is 92.4 Å². The van der Waals surface area contributed by atoms with Gasteiger partial charge in [-0.3, -0.25) is 43.7 Å². The standard InChI is InChI=1S/C82H98N10O14/c1-50(2)75(89-73(95)46-85-72(94)45-84-71(93)27-28-74(96)91-47-58-15-8-7-13-53(58)23-24-57-14-9-10-16-64(57)91)78(99)86-51(3)76(97)87-60-25-17-52(18-26-60)41-82-43-69(103-5)68(40-70(82)88-77(98)65-42-81(31-32-81)49-92(65)80(82)101)106-34-12-6-11-33-105-67-39-63-62(38-66(67)102-4)79(100)90-48-59(37-61(90)44-83-63)55-21-19-54(20-22-55)56-29-35-104-36-30-56/h7-10,13-22,25-26,38-39,48,50-51,56,61,65,68-70,75,77,83,88,98H,6,11-12,27-37,40-47,49H2,1-5H3,(H,84,93)(H,85,94)(H,86,99)(H,87,97)(H,89,95)/t51-,61-,65-,68?,69?,70?,75-,77?,82?/m0/s1. The fraction of sp³-hybridized carbons (Fsp3) is 0.488. The molecule has 5 fully saturated rings. The predicted octanol–water partition coefficient (Wildman–Crippen LogP) is 7.46. The molecule has 24 heteroatoms. The number of aliphatic hydroxyl groups excluding tert-OH is 1. The average Bonchev–Trinajstić information content (AvgIpc) is 1.55. The molecule has 5 aromatic rings. The van der Waals surface area contributed by atoms with Crippen molar-refractivity contribution in [2.45, 2.75) is 172 Å². The first kappa shape index (κ1) is 74.6. The van der Waals surface area contributed by atoms with Crippen LogP contribution in [0.1, 0.15) is 154 Å². The first-order valence-electron chi connectivity index (χ1n) is 37.5. The van der Waals surface area contributed by atoms with Gasteiger partial charge in [-0.15, -0.1) is 0 Å². The van der Waals surface area contributed by atoms with Crippen molar-refractivity contribution in [3.05, 3.63) is 154 Å². The Kier molecular flexibility index (Phi) is 23.2. The molecule has 6 heterocycles. The summed E-state index contributed by atoms with van der Waals surface area (Å²) < 4.78 is 30.6. The van der Waals surface area contributed by atoms with Crippen molar-refractivity contribution in [2.75, 3.05) is 82.4 Å². The van der Waals surface area contributed by atoms with E-state index >= 15 is 4.79 Å². The maximum atomic E-state index is 15.4. The Morgan fingerprint density at radius 2 is 1.49 bits per heavy atom. The molecule has 2 saturated carbocycles. The van der Waals surface area contributed by atoms with Crippen LogP contribution in [0.4, 0.5) is 17.1 Å². The quantitative estimate of drug-likeness (QED) is 0.0187. The Morgan fingerprint density at radius 3 is 2.25 bits per heavy atom. The number of ether oxygens (including phenoxy) is 5. The summed E-state index contributed by atoms with van der Waals surface area (Å²) >= 11 is 0. The van der Waals surface area contributed by atoms with Crippen molar-refractivity contribution in [1.29, 1.82) is 0 Å². The number of anilines is 3. The lowest BCUT2D eigenvalue weighted by molar-refractivity contribution is -0.158. The Balaban J connectivity index is 0.557. The van der Waals surface area contributed by atoms with E-state index in [1.807, 2.05) is 82.7 Å². The molecule has 9 atom stereocenters. The minimum absolute atomic E-state index is 0.0142. The number of hydrogen-bond acceptors (Lipinski definition) is 16. The van der Waals surface area contributed by atoms with Crippen molar-refractivity contribution >= 4 is 69.9 Å². The fourth-order valence-electron chi connectivity index (χ4n) is 16.2. The van der Waals surface area contributed by atoms with Gasteiger partial charge in [-0.2, -0.15) is 0 Å². The largest absolute Gasteiger partial charge is 0.493 e. The van der Waals surface area contributed by atoms with Gasteiger partial charge >= 0.3 is 0 Å². The highest BCUT2D eigenvalue weighted by molar-refractivity contribution is 6.03. The van der Waals surface area contributed by atoms with Gasteiger partial charge in [0.05, 0.1) is 80.0 Å². The minimum atomic E-state index is -1.08. The lowest BCUT2D eigenvalue weighted by atomic mass is 9.64. The van der Waals surface area contributed by atoms with E-state index in [0.717, 1.165) is 98.8 Å². The third-order valence-electron chi connectivity index (χ3n) is 22.5. The van der Waals surface area contributed by atoms with Gasteiger partial charge in [0.2, 0.25) is 41.4 Å². The molecule has 5 aromatic carbocycles. The molecule has 8 aliphatic rings. The third-order valence-corrected chi connectivity index (χ3v) is 22.5. The predicted molar refractivity (Wildman–Crippen MR) is 398 cm³/mol. The molecule has 560 valence electrons. The zero-order valence-electron chi connectivity index (χ0n) is 61.1. The second-order valence-corrected chi connectivity index (χ2v) is 30.1. The van der Waals surface area contributed by atoms with E-state index in [9.17, 15) is 38.7 Å². The number of aliphatic hydroxyl groups is 1. The van der Waals surface area contributed by atoms with Crippen molar-refractivity contribution in [2.24, 2.45) is 16.7 Å². The summed E-state index contributed by atoms with van der Waals surface area (Å²) in [6.07, 6.45) is 8.87. The number of methoxy groups -OCH3 is 2. The molecule has 1 spiro atoms. The molecule has 0 aromatic heterocycles. The number of hydrogen-bond donors (Lipinski definition) is 8. The van der Waals surface area contributed by atoms with E-state index in [4.69, 9.17) is 23.7 Å². The van der Waals surface area contributed by atoms with Gasteiger partial charge in [-0.25, -0.2) is 0 Å². The second-order valence-electron chi connectivity index (χ2n) is 30.1. The second kappa shape index (κ2) is 33.0. The summed E-state index contributed by atoms with van der Waals surface area (Å²) in [6, 6.07) is 31.6. The van der Waals surface area contributed by atoms with Crippen molar-refractivity contribution in [3.63, 3.8) is 0 Å². The molecular weight excluding hydrogens is 1350 g/mol. The lowest BCUT2D eigenvalue weighted by Gasteiger charge is -2.48. The maximum Gasteiger partial charge on any atom is 0.260 e. The number of unbranched alkanes of at least 4 members (excludes halogenated alkanes) is 2. The number of amides is 8. The summed E-state index contributed by atoms with van der Waals surface area (Å²) in [5.41, 5.74) is 8.14. The zero-order chi connectivity index (χ0) is 74.2. The molecule has 8 N–H and O–H groups in total. The fourth-order valence-corrected chi connectivity index (χ4v) is 16.2. The van der Waals surface area contributed by atoms with Crippen LogP contribution in [0, 0.1) is 28.6 Å². The zero-order valence-corrected chi connectivity index (χ0v) is 61.1. The summed E-state index contributed by atoms with van der Waals surface area (Å²) in [5, 5.41) is 32.2. The van der Waals surface area contributed by atoms with Crippen LogP contribution in [0.15, 0.2) is 115 Å². The molecule has 106 heavy (non-hydrogen) atoms. The summed E-state index contributed by atoms with van der Waals surface area (Å²) in [7, 11) is 3.23. The molecule has 24 nitrogen and oxygen atoms in total. The van der Waals surface area contributed by atoms with Crippen LogP contribution in [0.2, 0.25) is 0 Å². The molecule has 5 unspecified atom stereocenters. The number of para-hydroxylation sites is 1. The Labute approximate surface area is 619 Å². The van der Waals surface area contributed by atoms with E-state index in [-0.39, 0.29) is 60.7 Å². The van der Waals surface area contributed by atoms with Gasteiger partial charge in [0.25, 0.3) is 5.91 Å². The highest BCUT2D eigenvalue weighted by Crippen LogP contribution is 2.58. The SMILES string of the molecule is COc1cc2c(cc1OCCCCCOC1CC3NC(O)[C@@H]4CC5(CC5)CN4C(=O)C3(Cc3ccc(NC(=O)[C@H](C)NC(=O)[C@@H](NC(=O)CNC(=O)CNC(=O)CCC(=O)N4Cc5ccccc5C#Cc5ccccc54)C(C)C)cc3)CC1OC)NC[C@@H]1CC(c3ccc(C4CCOCC4)cc3)=CN1C2=O. The topological polar surface area (TPSA) is 297 Å². The van der Waals surface area contributed by atoms with E-state index in [2.05, 4.69) is 73.3 Å². The number of nitrogens with one attached hydrogen (secondary N) is 7. The van der Waals surface area contributed by atoms with Crippen molar-refractivity contribution in [3.8, 4) is 23.3 Å². The number of fused-ring (bicyclic) bond motifs is 6. The molecule has 3 saturated heterocycles. The monoisotopic (exact) mass is 1450 g/mol. The van der Waals surface area contributed by atoms with Crippen LogP contribution in [-0.4, -0.2) is 178 Å².